The SMILES string of the molecule is COCC(=O)Nc1ccc(NCc2ccccc2Br)cc1. The molecule has 2 N–H and O–H groups in total. The second kappa shape index (κ2) is 7.81. The number of carbonyl (C=O) groups is 1. The van der Waals surface area contributed by atoms with Gasteiger partial charge >= 0.3 is 0 Å². The highest BCUT2D eigenvalue weighted by atomic mass is 79.9. The molecule has 1 amide bonds. The number of rotatable bonds is 6. The Balaban J connectivity index is 1.91. The quantitative estimate of drug-likeness (QED) is 0.837. The van der Waals surface area contributed by atoms with Gasteiger partial charge in [0.05, 0.1) is 0 Å². The molecule has 0 unspecified atom stereocenters. The number of nitrogens with one attached hydrogen (secondary N) is 2. The van der Waals surface area contributed by atoms with Gasteiger partial charge in [0.25, 0.3) is 0 Å². The molecule has 0 fully saturated rings. The third-order valence-electron chi connectivity index (χ3n) is 2.88. The predicted molar refractivity (Wildman–Crippen MR) is 88.4 cm³/mol. The van der Waals surface area contributed by atoms with Crippen LogP contribution in [-0.2, 0) is 16.1 Å². The molecular weight excluding hydrogens is 332 g/mol. The van der Waals surface area contributed by atoms with Crippen molar-refractivity contribution in [3.8, 4) is 0 Å². The number of amides is 1. The lowest BCUT2D eigenvalue weighted by atomic mass is 10.2. The molecule has 0 aliphatic rings. The zero-order chi connectivity index (χ0) is 15.1. The average molecular weight is 349 g/mol. The summed E-state index contributed by atoms with van der Waals surface area (Å²) >= 11 is 3.52. The molecule has 110 valence electrons. The Labute approximate surface area is 132 Å². The molecule has 2 aromatic rings. The van der Waals surface area contributed by atoms with Crippen LogP contribution in [0.2, 0.25) is 0 Å². The van der Waals surface area contributed by atoms with Gasteiger partial charge in [0, 0.05) is 29.5 Å². The van der Waals surface area contributed by atoms with Gasteiger partial charge in [-0.25, -0.2) is 0 Å². The summed E-state index contributed by atoms with van der Waals surface area (Å²) in [6.07, 6.45) is 0. The number of carbonyl (C=O) groups excluding carboxylic acids is 1. The molecule has 0 heterocycles. The fourth-order valence-electron chi connectivity index (χ4n) is 1.84. The van der Waals surface area contributed by atoms with Crippen LogP contribution >= 0.6 is 15.9 Å². The fraction of sp³-hybridized carbons (Fsp3) is 0.188. The second-order valence-corrected chi connectivity index (χ2v) is 5.36. The van der Waals surface area contributed by atoms with E-state index in [4.69, 9.17) is 4.74 Å². The minimum absolute atomic E-state index is 0.0576. The van der Waals surface area contributed by atoms with E-state index in [0.29, 0.717) is 0 Å². The Bertz CT molecular complexity index is 599. The van der Waals surface area contributed by atoms with Crippen molar-refractivity contribution in [3.05, 3.63) is 58.6 Å². The average Bonchev–Trinajstić information content (AvgIpc) is 2.48. The topological polar surface area (TPSA) is 50.4 Å². The summed E-state index contributed by atoms with van der Waals surface area (Å²) in [5.41, 5.74) is 2.94. The van der Waals surface area contributed by atoms with Crippen molar-refractivity contribution in [2.75, 3.05) is 24.4 Å². The normalized spacial score (nSPS) is 10.2. The minimum atomic E-state index is -0.161. The molecule has 21 heavy (non-hydrogen) atoms. The van der Waals surface area contributed by atoms with Crippen LogP contribution in [0.1, 0.15) is 5.56 Å². The molecule has 0 radical (unpaired) electrons. The van der Waals surface area contributed by atoms with Gasteiger partial charge in [0.2, 0.25) is 5.91 Å². The highest BCUT2D eigenvalue weighted by Crippen LogP contribution is 2.19. The van der Waals surface area contributed by atoms with E-state index in [2.05, 4.69) is 32.6 Å². The van der Waals surface area contributed by atoms with Gasteiger partial charge in [-0.1, -0.05) is 34.1 Å². The summed E-state index contributed by atoms with van der Waals surface area (Å²) in [6, 6.07) is 15.7. The number of anilines is 2. The number of benzene rings is 2. The maximum Gasteiger partial charge on any atom is 0.250 e. The van der Waals surface area contributed by atoms with Crippen LogP contribution in [0.4, 0.5) is 11.4 Å². The van der Waals surface area contributed by atoms with Gasteiger partial charge in [0.15, 0.2) is 0 Å². The molecule has 0 aliphatic carbocycles. The standard InChI is InChI=1S/C16H17BrN2O2/c1-21-11-16(20)19-14-8-6-13(7-9-14)18-10-12-4-2-3-5-15(12)17/h2-9,18H,10-11H2,1H3,(H,19,20). The van der Waals surface area contributed by atoms with Crippen LogP contribution in [0.15, 0.2) is 53.0 Å². The van der Waals surface area contributed by atoms with Gasteiger partial charge in [0.1, 0.15) is 6.61 Å². The molecule has 2 aromatic carbocycles. The monoisotopic (exact) mass is 348 g/mol. The number of ether oxygens (including phenoxy) is 1. The summed E-state index contributed by atoms with van der Waals surface area (Å²) in [5, 5.41) is 6.09. The van der Waals surface area contributed by atoms with Crippen LogP contribution in [0.3, 0.4) is 0 Å². The highest BCUT2D eigenvalue weighted by molar-refractivity contribution is 9.10. The minimum Gasteiger partial charge on any atom is -0.381 e. The van der Waals surface area contributed by atoms with Crippen LogP contribution in [0.5, 0.6) is 0 Å². The van der Waals surface area contributed by atoms with Crippen molar-refractivity contribution >= 4 is 33.2 Å². The lowest BCUT2D eigenvalue weighted by Crippen LogP contribution is -2.16. The molecule has 0 bridgehead atoms. The highest BCUT2D eigenvalue weighted by Gasteiger charge is 2.02. The van der Waals surface area contributed by atoms with Gasteiger partial charge in [-0.3, -0.25) is 4.79 Å². The predicted octanol–water partition coefficient (Wildman–Crippen LogP) is 3.65. The molecule has 0 atom stereocenters. The largest absolute Gasteiger partial charge is 0.381 e. The molecule has 0 spiro atoms. The van der Waals surface area contributed by atoms with E-state index in [0.717, 1.165) is 22.4 Å². The van der Waals surface area contributed by atoms with Crippen LogP contribution in [0, 0.1) is 0 Å². The lowest BCUT2D eigenvalue weighted by molar-refractivity contribution is -0.119. The number of hydrogen-bond acceptors (Lipinski definition) is 3. The van der Waals surface area contributed by atoms with Crippen LogP contribution in [0.25, 0.3) is 0 Å². The Morgan fingerprint density at radius 3 is 2.43 bits per heavy atom. The van der Waals surface area contributed by atoms with Crippen molar-refractivity contribution in [1.29, 1.82) is 0 Å². The van der Waals surface area contributed by atoms with Gasteiger partial charge in [-0.05, 0) is 35.9 Å². The molecule has 4 nitrogen and oxygen atoms in total. The van der Waals surface area contributed by atoms with Crippen molar-refractivity contribution < 1.29 is 9.53 Å². The third kappa shape index (κ3) is 4.88. The lowest BCUT2D eigenvalue weighted by Gasteiger charge is -2.09. The van der Waals surface area contributed by atoms with E-state index in [1.165, 1.54) is 12.7 Å². The maximum absolute atomic E-state index is 11.4. The van der Waals surface area contributed by atoms with Crippen molar-refractivity contribution in [2.24, 2.45) is 0 Å². The van der Waals surface area contributed by atoms with E-state index in [1.54, 1.807) is 0 Å². The molecule has 0 aliphatic heterocycles. The summed E-state index contributed by atoms with van der Waals surface area (Å²) in [4.78, 5) is 11.4. The number of hydrogen-bond donors (Lipinski definition) is 2. The first kappa shape index (κ1) is 15.5. The zero-order valence-electron chi connectivity index (χ0n) is 11.7. The summed E-state index contributed by atoms with van der Waals surface area (Å²) in [6.45, 7) is 0.791. The summed E-state index contributed by atoms with van der Waals surface area (Å²) < 4.78 is 5.85. The molecular formula is C16H17BrN2O2. The van der Waals surface area contributed by atoms with E-state index in [-0.39, 0.29) is 12.5 Å². The Hall–Kier alpha value is -1.85. The first-order valence-electron chi connectivity index (χ1n) is 6.55. The van der Waals surface area contributed by atoms with Gasteiger partial charge in [-0.15, -0.1) is 0 Å². The van der Waals surface area contributed by atoms with Crippen molar-refractivity contribution in [3.63, 3.8) is 0 Å². The van der Waals surface area contributed by atoms with E-state index in [1.807, 2.05) is 42.5 Å². The first-order chi connectivity index (χ1) is 10.2. The zero-order valence-corrected chi connectivity index (χ0v) is 13.3. The Morgan fingerprint density at radius 2 is 1.76 bits per heavy atom. The molecule has 0 saturated carbocycles. The molecule has 2 rings (SSSR count). The maximum atomic E-state index is 11.4. The molecule has 0 saturated heterocycles. The summed E-state index contributed by atoms with van der Waals surface area (Å²) in [7, 11) is 1.49. The van der Waals surface area contributed by atoms with Crippen molar-refractivity contribution in [1.82, 2.24) is 0 Å². The van der Waals surface area contributed by atoms with E-state index >= 15 is 0 Å². The number of halogens is 1. The van der Waals surface area contributed by atoms with E-state index in [9.17, 15) is 4.79 Å². The first-order valence-corrected chi connectivity index (χ1v) is 7.34. The molecule has 5 heteroatoms. The van der Waals surface area contributed by atoms with Crippen LogP contribution in [-0.4, -0.2) is 19.6 Å². The van der Waals surface area contributed by atoms with Crippen LogP contribution < -0.4 is 10.6 Å². The van der Waals surface area contributed by atoms with E-state index < -0.39 is 0 Å². The molecule has 0 aromatic heterocycles. The van der Waals surface area contributed by atoms with Crippen molar-refractivity contribution in [2.45, 2.75) is 6.54 Å². The van der Waals surface area contributed by atoms with Gasteiger partial charge < -0.3 is 15.4 Å². The van der Waals surface area contributed by atoms with Gasteiger partial charge in [-0.2, -0.15) is 0 Å². The fourth-order valence-corrected chi connectivity index (χ4v) is 2.26. The summed E-state index contributed by atoms with van der Waals surface area (Å²) in [5.74, 6) is -0.161. The number of methoxy groups -OCH3 is 1. The Kier molecular flexibility index (Phi) is 5.78. The smallest absolute Gasteiger partial charge is 0.250 e. The third-order valence-corrected chi connectivity index (χ3v) is 3.66. The Morgan fingerprint density at radius 1 is 1.10 bits per heavy atom. The second-order valence-electron chi connectivity index (χ2n) is 4.50.